The summed E-state index contributed by atoms with van der Waals surface area (Å²) in [6.45, 7) is 11.5. The first-order valence-corrected chi connectivity index (χ1v) is 8.17. The zero-order valence-corrected chi connectivity index (χ0v) is 12.5. The summed E-state index contributed by atoms with van der Waals surface area (Å²) in [6.07, 6.45) is 4.27. The van der Waals surface area contributed by atoms with Crippen LogP contribution in [0.2, 0.25) is 0 Å². The van der Waals surface area contributed by atoms with Crippen molar-refractivity contribution in [1.82, 2.24) is 20.0 Å². The lowest BCUT2D eigenvalue weighted by molar-refractivity contribution is 0.0276. The van der Waals surface area contributed by atoms with Gasteiger partial charge in [-0.2, -0.15) is 0 Å². The van der Waals surface area contributed by atoms with Gasteiger partial charge in [-0.1, -0.05) is 0 Å². The third kappa shape index (κ3) is 3.69. The molecule has 3 rings (SSSR count). The number of rotatable bonds is 4. The lowest BCUT2D eigenvalue weighted by Crippen LogP contribution is -2.57. The van der Waals surface area contributed by atoms with E-state index in [4.69, 9.17) is 0 Å². The van der Waals surface area contributed by atoms with Crippen LogP contribution >= 0.6 is 0 Å². The third-order valence-corrected chi connectivity index (χ3v) is 5.16. The summed E-state index contributed by atoms with van der Waals surface area (Å²) >= 11 is 0. The maximum atomic E-state index is 3.44. The van der Waals surface area contributed by atoms with Crippen LogP contribution < -0.4 is 5.32 Å². The average Bonchev–Trinajstić information content (AvgIpc) is 2.42. The van der Waals surface area contributed by atoms with Crippen LogP contribution in [0, 0.1) is 5.92 Å². The van der Waals surface area contributed by atoms with E-state index in [9.17, 15) is 0 Å². The van der Waals surface area contributed by atoms with Crippen molar-refractivity contribution in [2.45, 2.75) is 25.3 Å². The van der Waals surface area contributed by atoms with Crippen LogP contribution in [0.1, 0.15) is 19.3 Å². The SMILES string of the molecule is CN1CCCC(CN2CCC2CN2CCNCC2)C1. The summed E-state index contributed by atoms with van der Waals surface area (Å²) in [6, 6.07) is 0.852. The van der Waals surface area contributed by atoms with E-state index in [2.05, 4.69) is 27.1 Å². The number of piperazine rings is 1. The fourth-order valence-corrected chi connectivity index (χ4v) is 3.89. The molecule has 110 valence electrons. The lowest BCUT2D eigenvalue weighted by atomic mass is 9.93. The van der Waals surface area contributed by atoms with Gasteiger partial charge in [0.15, 0.2) is 0 Å². The van der Waals surface area contributed by atoms with Crippen molar-refractivity contribution < 1.29 is 0 Å². The van der Waals surface area contributed by atoms with E-state index in [0.717, 1.165) is 12.0 Å². The number of nitrogens with one attached hydrogen (secondary N) is 1. The predicted octanol–water partition coefficient (Wildman–Crippen LogP) is 0.308. The molecule has 0 aromatic heterocycles. The molecule has 3 saturated heterocycles. The molecule has 19 heavy (non-hydrogen) atoms. The molecule has 0 radical (unpaired) electrons. The van der Waals surface area contributed by atoms with Crippen molar-refractivity contribution in [3.8, 4) is 0 Å². The van der Waals surface area contributed by atoms with Crippen LogP contribution in [0.3, 0.4) is 0 Å². The van der Waals surface area contributed by atoms with Gasteiger partial charge in [-0.05, 0) is 38.8 Å². The molecule has 4 nitrogen and oxygen atoms in total. The highest BCUT2D eigenvalue weighted by Gasteiger charge is 2.32. The molecular formula is C15H30N4. The van der Waals surface area contributed by atoms with Gasteiger partial charge in [0.1, 0.15) is 0 Å². The Morgan fingerprint density at radius 2 is 1.84 bits per heavy atom. The maximum Gasteiger partial charge on any atom is 0.0235 e. The summed E-state index contributed by atoms with van der Waals surface area (Å²) in [7, 11) is 2.28. The largest absolute Gasteiger partial charge is 0.314 e. The number of hydrogen-bond donors (Lipinski definition) is 1. The Morgan fingerprint density at radius 3 is 2.53 bits per heavy atom. The van der Waals surface area contributed by atoms with E-state index in [1.54, 1.807) is 0 Å². The molecule has 1 N–H and O–H groups in total. The summed E-state index contributed by atoms with van der Waals surface area (Å²) in [5.74, 6) is 0.921. The molecular weight excluding hydrogens is 236 g/mol. The second-order valence-electron chi connectivity index (χ2n) is 6.76. The molecule has 3 fully saturated rings. The fraction of sp³-hybridized carbons (Fsp3) is 1.00. The van der Waals surface area contributed by atoms with Crippen LogP contribution in [-0.2, 0) is 0 Å². The Balaban J connectivity index is 1.41. The highest BCUT2D eigenvalue weighted by atomic mass is 15.3. The molecule has 3 aliphatic heterocycles. The van der Waals surface area contributed by atoms with Gasteiger partial charge in [0.25, 0.3) is 0 Å². The predicted molar refractivity (Wildman–Crippen MR) is 79.5 cm³/mol. The van der Waals surface area contributed by atoms with Gasteiger partial charge in [-0.25, -0.2) is 0 Å². The number of piperidine rings is 1. The van der Waals surface area contributed by atoms with Crippen LogP contribution in [0.4, 0.5) is 0 Å². The van der Waals surface area contributed by atoms with E-state index in [-0.39, 0.29) is 0 Å². The van der Waals surface area contributed by atoms with Gasteiger partial charge in [0, 0.05) is 58.4 Å². The first-order chi connectivity index (χ1) is 9.31. The Bertz CT molecular complexity index is 277. The number of likely N-dealkylation sites (tertiary alicyclic amines) is 2. The van der Waals surface area contributed by atoms with Gasteiger partial charge >= 0.3 is 0 Å². The molecule has 0 aliphatic carbocycles. The zero-order chi connectivity index (χ0) is 13.1. The third-order valence-electron chi connectivity index (χ3n) is 5.16. The fourth-order valence-electron chi connectivity index (χ4n) is 3.89. The minimum atomic E-state index is 0.852. The van der Waals surface area contributed by atoms with Gasteiger partial charge < -0.3 is 10.2 Å². The second-order valence-corrected chi connectivity index (χ2v) is 6.76. The molecule has 2 unspecified atom stereocenters. The Morgan fingerprint density at radius 1 is 1.00 bits per heavy atom. The topological polar surface area (TPSA) is 21.8 Å². The van der Waals surface area contributed by atoms with Crippen molar-refractivity contribution in [2.75, 3.05) is 66.0 Å². The Kier molecular flexibility index (Phi) is 4.74. The molecule has 3 aliphatic rings. The van der Waals surface area contributed by atoms with Crippen molar-refractivity contribution in [1.29, 1.82) is 0 Å². The van der Waals surface area contributed by atoms with Crippen LogP contribution in [-0.4, -0.2) is 86.7 Å². The van der Waals surface area contributed by atoms with Crippen LogP contribution in [0.5, 0.6) is 0 Å². The van der Waals surface area contributed by atoms with Gasteiger partial charge in [0.2, 0.25) is 0 Å². The molecule has 0 spiro atoms. The summed E-state index contributed by atoms with van der Waals surface area (Å²) in [5, 5.41) is 3.44. The van der Waals surface area contributed by atoms with E-state index in [0.29, 0.717) is 0 Å². The first-order valence-electron chi connectivity index (χ1n) is 8.17. The molecule has 0 saturated carbocycles. The Hall–Kier alpha value is -0.160. The minimum Gasteiger partial charge on any atom is -0.314 e. The molecule has 0 bridgehead atoms. The second kappa shape index (κ2) is 6.53. The standard InChI is InChI=1S/C15H30N4/c1-17-7-2-3-14(11-17)12-19-8-4-15(19)13-18-9-5-16-6-10-18/h14-16H,2-13H2,1H3. The van der Waals surface area contributed by atoms with E-state index in [1.807, 2.05) is 0 Å². The van der Waals surface area contributed by atoms with Crippen molar-refractivity contribution in [2.24, 2.45) is 5.92 Å². The van der Waals surface area contributed by atoms with Gasteiger partial charge in [-0.15, -0.1) is 0 Å². The van der Waals surface area contributed by atoms with E-state index in [1.165, 1.54) is 78.2 Å². The van der Waals surface area contributed by atoms with Crippen LogP contribution in [0.15, 0.2) is 0 Å². The van der Waals surface area contributed by atoms with Crippen molar-refractivity contribution in [3.05, 3.63) is 0 Å². The molecule has 0 aromatic rings. The van der Waals surface area contributed by atoms with Crippen molar-refractivity contribution in [3.63, 3.8) is 0 Å². The van der Waals surface area contributed by atoms with Gasteiger partial charge in [-0.3, -0.25) is 9.80 Å². The number of nitrogens with zero attached hydrogens (tertiary/aromatic N) is 3. The molecule has 3 heterocycles. The molecule has 0 amide bonds. The molecule has 2 atom stereocenters. The zero-order valence-electron chi connectivity index (χ0n) is 12.5. The van der Waals surface area contributed by atoms with Crippen molar-refractivity contribution >= 4 is 0 Å². The highest BCUT2D eigenvalue weighted by Crippen LogP contribution is 2.24. The summed E-state index contributed by atoms with van der Waals surface area (Å²) in [5.41, 5.74) is 0. The maximum absolute atomic E-state index is 3.44. The number of hydrogen-bond acceptors (Lipinski definition) is 4. The monoisotopic (exact) mass is 266 g/mol. The smallest absolute Gasteiger partial charge is 0.0235 e. The summed E-state index contributed by atoms with van der Waals surface area (Å²) in [4.78, 5) is 7.92. The first kappa shape index (κ1) is 13.8. The van der Waals surface area contributed by atoms with Crippen LogP contribution in [0.25, 0.3) is 0 Å². The van der Waals surface area contributed by atoms with E-state index >= 15 is 0 Å². The highest BCUT2D eigenvalue weighted by molar-refractivity contribution is 4.88. The van der Waals surface area contributed by atoms with Gasteiger partial charge in [0.05, 0.1) is 0 Å². The molecule has 0 aromatic carbocycles. The van der Waals surface area contributed by atoms with E-state index < -0.39 is 0 Å². The normalized spacial score (nSPS) is 35.2. The molecule has 4 heteroatoms. The quantitative estimate of drug-likeness (QED) is 0.790. The average molecular weight is 266 g/mol. The Labute approximate surface area is 118 Å². The summed E-state index contributed by atoms with van der Waals surface area (Å²) < 4.78 is 0. The minimum absolute atomic E-state index is 0.852. The lowest BCUT2D eigenvalue weighted by Gasteiger charge is -2.46.